The zero-order valence-corrected chi connectivity index (χ0v) is 15.9. The lowest BCUT2D eigenvalue weighted by molar-refractivity contribution is -0.125. The smallest absolute Gasteiger partial charge is 0.225 e. The number of halogens is 1. The molecule has 3 aromatic rings. The van der Waals surface area contributed by atoms with Crippen molar-refractivity contribution in [2.75, 3.05) is 18.0 Å². The van der Waals surface area contributed by atoms with E-state index < -0.39 is 0 Å². The number of pyridine rings is 1. The third kappa shape index (κ3) is 3.55. The van der Waals surface area contributed by atoms with Crippen molar-refractivity contribution < 1.29 is 4.79 Å². The minimum atomic E-state index is -0.0260. The highest BCUT2D eigenvalue weighted by Crippen LogP contribution is 2.31. The summed E-state index contributed by atoms with van der Waals surface area (Å²) in [5.74, 6) is 1.06. The first-order valence-electron chi connectivity index (χ1n) is 8.80. The molecule has 1 aromatic carbocycles. The van der Waals surface area contributed by atoms with Crippen LogP contribution in [0.1, 0.15) is 18.4 Å². The molecule has 1 aliphatic rings. The number of aromatic nitrogens is 1. The average Bonchev–Trinajstić information content (AvgIpc) is 3.16. The molecule has 4 nitrogen and oxygen atoms in total. The number of amides is 1. The summed E-state index contributed by atoms with van der Waals surface area (Å²) in [6, 6.07) is 11.8. The van der Waals surface area contributed by atoms with Crippen LogP contribution >= 0.6 is 22.9 Å². The van der Waals surface area contributed by atoms with Crippen LogP contribution in [0.2, 0.25) is 5.02 Å². The topological polar surface area (TPSA) is 45.2 Å². The average molecular weight is 386 g/mol. The Balaban J connectivity index is 1.44. The number of nitrogens with one attached hydrogen (secondary N) is 1. The normalized spacial score (nSPS) is 17.4. The van der Waals surface area contributed by atoms with Crippen molar-refractivity contribution in [3.63, 3.8) is 0 Å². The highest BCUT2D eigenvalue weighted by Gasteiger charge is 2.27. The van der Waals surface area contributed by atoms with Crippen LogP contribution < -0.4 is 10.2 Å². The molecule has 0 bridgehead atoms. The molecule has 0 spiro atoms. The number of benzene rings is 1. The molecule has 0 saturated carbocycles. The summed E-state index contributed by atoms with van der Waals surface area (Å²) in [5, 5.41) is 7.00. The first-order chi connectivity index (χ1) is 12.7. The number of carbonyl (C=O) groups is 1. The molecule has 1 amide bonds. The summed E-state index contributed by atoms with van der Waals surface area (Å²) >= 11 is 7.90. The Morgan fingerprint density at radius 1 is 1.31 bits per heavy atom. The van der Waals surface area contributed by atoms with E-state index in [1.54, 1.807) is 11.3 Å². The third-order valence-electron chi connectivity index (χ3n) is 4.86. The fraction of sp³-hybridized carbons (Fsp3) is 0.300. The van der Waals surface area contributed by atoms with Crippen molar-refractivity contribution in [3.05, 3.63) is 58.6 Å². The molecule has 6 heteroatoms. The predicted octanol–water partition coefficient (Wildman–Crippen LogP) is 4.48. The molecule has 0 radical (unpaired) electrons. The second-order valence-electron chi connectivity index (χ2n) is 6.56. The summed E-state index contributed by atoms with van der Waals surface area (Å²) < 4.78 is 1.24. The number of piperidine rings is 1. The van der Waals surface area contributed by atoms with Crippen LogP contribution in [0.25, 0.3) is 10.1 Å². The maximum atomic E-state index is 12.7. The third-order valence-corrected chi connectivity index (χ3v) is 6.11. The molecule has 3 heterocycles. The van der Waals surface area contributed by atoms with Crippen LogP contribution in [0.15, 0.2) is 48.0 Å². The van der Waals surface area contributed by atoms with Crippen LogP contribution in [-0.2, 0) is 11.3 Å². The lowest BCUT2D eigenvalue weighted by Gasteiger charge is -2.33. The lowest BCUT2D eigenvalue weighted by Crippen LogP contribution is -2.43. The summed E-state index contributed by atoms with van der Waals surface area (Å²) in [6.07, 6.45) is 3.76. The van der Waals surface area contributed by atoms with Gasteiger partial charge in [-0.3, -0.25) is 4.79 Å². The Labute approximate surface area is 161 Å². The number of thiophene rings is 1. The van der Waals surface area contributed by atoms with Gasteiger partial charge in [0, 0.05) is 40.9 Å². The summed E-state index contributed by atoms with van der Waals surface area (Å²) in [7, 11) is 0. The van der Waals surface area contributed by atoms with Gasteiger partial charge in [0.25, 0.3) is 0 Å². The Kier molecular flexibility index (Phi) is 5.09. The van der Waals surface area contributed by atoms with Crippen molar-refractivity contribution in [2.45, 2.75) is 19.4 Å². The summed E-state index contributed by atoms with van der Waals surface area (Å²) in [5.41, 5.74) is 0.944. The molecule has 2 aromatic heterocycles. The van der Waals surface area contributed by atoms with Gasteiger partial charge in [-0.05, 0) is 42.0 Å². The predicted molar refractivity (Wildman–Crippen MR) is 108 cm³/mol. The molecule has 1 fully saturated rings. The number of anilines is 1. The van der Waals surface area contributed by atoms with Gasteiger partial charge in [-0.1, -0.05) is 29.8 Å². The van der Waals surface area contributed by atoms with E-state index in [-0.39, 0.29) is 11.8 Å². The Hall–Kier alpha value is -2.11. The molecule has 0 unspecified atom stereocenters. The van der Waals surface area contributed by atoms with Gasteiger partial charge in [0.1, 0.15) is 5.82 Å². The SMILES string of the molecule is O=C(NCc1ccccc1Cl)[C@H]1CCCN(c2nccc3sccc23)C1. The number of rotatable bonds is 4. The van der Waals surface area contributed by atoms with E-state index in [1.807, 2.05) is 36.5 Å². The molecule has 26 heavy (non-hydrogen) atoms. The lowest BCUT2D eigenvalue weighted by atomic mass is 9.96. The molecule has 1 atom stereocenters. The summed E-state index contributed by atoms with van der Waals surface area (Å²) in [6.45, 7) is 2.11. The van der Waals surface area contributed by atoms with Gasteiger partial charge in [0.2, 0.25) is 5.91 Å². The van der Waals surface area contributed by atoms with E-state index in [1.165, 1.54) is 10.1 Å². The van der Waals surface area contributed by atoms with Crippen LogP contribution in [-0.4, -0.2) is 24.0 Å². The second-order valence-corrected chi connectivity index (χ2v) is 7.92. The molecule has 0 aliphatic carbocycles. The fourth-order valence-corrected chi connectivity index (χ4v) is 4.46. The molecule has 4 rings (SSSR count). The first-order valence-corrected chi connectivity index (χ1v) is 10.1. The van der Waals surface area contributed by atoms with Crippen LogP contribution in [0.4, 0.5) is 5.82 Å². The molecule has 1 N–H and O–H groups in total. The van der Waals surface area contributed by atoms with Gasteiger partial charge < -0.3 is 10.2 Å². The Bertz CT molecular complexity index is 926. The van der Waals surface area contributed by atoms with Gasteiger partial charge >= 0.3 is 0 Å². The Morgan fingerprint density at radius 2 is 2.19 bits per heavy atom. The van der Waals surface area contributed by atoms with Gasteiger partial charge in [0.15, 0.2) is 0 Å². The largest absolute Gasteiger partial charge is 0.355 e. The fourth-order valence-electron chi connectivity index (χ4n) is 3.48. The zero-order chi connectivity index (χ0) is 17.9. The van der Waals surface area contributed by atoms with Gasteiger partial charge in [-0.25, -0.2) is 4.98 Å². The Morgan fingerprint density at radius 3 is 3.08 bits per heavy atom. The zero-order valence-electron chi connectivity index (χ0n) is 14.3. The maximum absolute atomic E-state index is 12.7. The number of hydrogen-bond acceptors (Lipinski definition) is 4. The van der Waals surface area contributed by atoms with Crippen molar-refractivity contribution in [1.29, 1.82) is 0 Å². The summed E-state index contributed by atoms with van der Waals surface area (Å²) in [4.78, 5) is 19.5. The minimum Gasteiger partial charge on any atom is -0.355 e. The number of fused-ring (bicyclic) bond motifs is 1. The minimum absolute atomic E-state index is 0.0260. The van der Waals surface area contributed by atoms with Crippen LogP contribution in [0.3, 0.4) is 0 Å². The van der Waals surface area contributed by atoms with Crippen molar-refractivity contribution >= 4 is 44.7 Å². The second kappa shape index (κ2) is 7.64. The van der Waals surface area contributed by atoms with Gasteiger partial charge in [0.05, 0.1) is 5.92 Å². The van der Waals surface area contributed by atoms with E-state index in [2.05, 4.69) is 26.6 Å². The van der Waals surface area contributed by atoms with Crippen LogP contribution in [0.5, 0.6) is 0 Å². The number of hydrogen-bond donors (Lipinski definition) is 1. The van der Waals surface area contributed by atoms with Crippen LogP contribution in [0, 0.1) is 5.92 Å². The van der Waals surface area contributed by atoms with Gasteiger partial charge in [-0.2, -0.15) is 0 Å². The highest BCUT2D eigenvalue weighted by atomic mass is 35.5. The van der Waals surface area contributed by atoms with Crippen molar-refractivity contribution in [3.8, 4) is 0 Å². The number of carbonyl (C=O) groups excluding carboxylic acids is 1. The molecule has 134 valence electrons. The monoisotopic (exact) mass is 385 g/mol. The van der Waals surface area contributed by atoms with E-state index in [0.29, 0.717) is 18.1 Å². The van der Waals surface area contributed by atoms with Gasteiger partial charge in [-0.15, -0.1) is 11.3 Å². The standard InChI is InChI=1S/C20H20ClN3OS/c21-17-6-2-1-4-14(17)12-23-20(25)15-5-3-10-24(13-15)19-16-8-11-26-18(16)7-9-22-19/h1-2,4,6-9,11,15H,3,5,10,12-13H2,(H,23,25)/t15-/m0/s1. The maximum Gasteiger partial charge on any atom is 0.225 e. The number of nitrogens with zero attached hydrogens (tertiary/aromatic N) is 2. The van der Waals surface area contributed by atoms with Crippen molar-refractivity contribution in [2.24, 2.45) is 5.92 Å². The van der Waals surface area contributed by atoms with E-state index in [4.69, 9.17) is 11.6 Å². The molecule has 1 aliphatic heterocycles. The molecular formula is C20H20ClN3OS. The first kappa shape index (κ1) is 17.3. The molecular weight excluding hydrogens is 366 g/mol. The van der Waals surface area contributed by atoms with E-state index in [9.17, 15) is 4.79 Å². The van der Waals surface area contributed by atoms with E-state index in [0.717, 1.165) is 30.8 Å². The quantitative estimate of drug-likeness (QED) is 0.720. The van der Waals surface area contributed by atoms with Crippen molar-refractivity contribution in [1.82, 2.24) is 10.3 Å². The van der Waals surface area contributed by atoms with E-state index >= 15 is 0 Å². The molecule has 1 saturated heterocycles. The highest BCUT2D eigenvalue weighted by molar-refractivity contribution is 7.17.